The van der Waals surface area contributed by atoms with Crippen molar-refractivity contribution in [3.05, 3.63) is 11.9 Å². The van der Waals surface area contributed by atoms with Crippen molar-refractivity contribution in [3.8, 4) is 0 Å². The summed E-state index contributed by atoms with van der Waals surface area (Å²) in [5.74, 6) is -3.50. The van der Waals surface area contributed by atoms with E-state index in [-0.39, 0.29) is 18.6 Å². The summed E-state index contributed by atoms with van der Waals surface area (Å²) in [5.41, 5.74) is 0.331. The van der Waals surface area contributed by atoms with E-state index in [1.165, 1.54) is 10.9 Å². The van der Waals surface area contributed by atoms with Gasteiger partial charge in [-0.25, -0.2) is 13.5 Å². The second-order valence-electron chi connectivity index (χ2n) is 3.76. The highest BCUT2D eigenvalue weighted by Gasteiger charge is 2.49. The molecule has 1 heterocycles. The van der Waals surface area contributed by atoms with Crippen LogP contribution in [0.3, 0.4) is 0 Å². The van der Waals surface area contributed by atoms with Crippen LogP contribution in [0.5, 0.6) is 0 Å². The van der Waals surface area contributed by atoms with E-state index in [2.05, 4.69) is 10.3 Å². The number of hydrogen-bond donors (Lipinski definition) is 0. The molecular weight excluding hydrogens is 204 g/mol. The molecule has 0 radical (unpaired) electrons. The van der Waals surface area contributed by atoms with Gasteiger partial charge in [-0.1, -0.05) is 5.21 Å². The van der Waals surface area contributed by atoms with Crippen LogP contribution in [0, 0.1) is 5.92 Å². The number of carbonyl (C=O) groups is 1. The molecule has 0 aliphatic heterocycles. The highest BCUT2D eigenvalue weighted by molar-refractivity contribution is 5.96. The quantitative estimate of drug-likeness (QED) is 0.718. The van der Waals surface area contributed by atoms with Crippen molar-refractivity contribution in [1.29, 1.82) is 0 Å². The molecule has 1 saturated carbocycles. The van der Waals surface area contributed by atoms with Crippen LogP contribution in [0.15, 0.2) is 6.20 Å². The third kappa shape index (κ3) is 1.75. The van der Waals surface area contributed by atoms with Gasteiger partial charge in [0.05, 0.1) is 6.20 Å². The van der Waals surface area contributed by atoms with Gasteiger partial charge in [-0.2, -0.15) is 0 Å². The molecule has 6 heteroatoms. The van der Waals surface area contributed by atoms with Crippen LogP contribution >= 0.6 is 0 Å². The predicted octanol–water partition coefficient (Wildman–Crippen LogP) is 1.53. The van der Waals surface area contributed by atoms with Gasteiger partial charge in [-0.3, -0.25) is 4.79 Å². The summed E-state index contributed by atoms with van der Waals surface area (Å²) >= 11 is 0. The number of Topliss-reactive ketones (excluding diaryl/α,β-unsaturated/α-hetero) is 1. The lowest BCUT2D eigenvalue weighted by atomic mass is 9.78. The molecule has 15 heavy (non-hydrogen) atoms. The van der Waals surface area contributed by atoms with Crippen molar-refractivity contribution in [2.45, 2.75) is 32.2 Å². The summed E-state index contributed by atoms with van der Waals surface area (Å²) in [4.78, 5) is 11.7. The van der Waals surface area contributed by atoms with Gasteiger partial charge in [0.15, 0.2) is 5.78 Å². The van der Waals surface area contributed by atoms with Gasteiger partial charge in [0.1, 0.15) is 5.69 Å². The Morgan fingerprint density at radius 1 is 1.67 bits per heavy atom. The number of aryl methyl sites for hydroxylation is 1. The molecule has 0 unspecified atom stereocenters. The fraction of sp³-hybridized carbons (Fsp3) is 0.667. The van der Waals surface area contributed by atoms with Gasteiger partial charge in [0, 0.05) is 25.3 Å². The first-order chi connectivity index (χ1) is 7.03. The summed E-state index contributed by atoms with van der Waals surface area (Å²) in [6.07, 6.45) is 0.643. The Hall–Kier alpha value is -1.33. The van der Waals surface area contributed by atoms with Gasteiger partial charge in [0.25, 0.3) is 0 Å². The second-order valence-corrected chi connectivity index (χ2v) is 3.76. The van der Waals surface area contributed by atoms with Gasteiger partial charge >= 0.3 is 0 Å². The van der Waals surface area contributed by atoms with Gasteiger partial charge in [0.2, 0.25) is 5.92 Å². The minimum Gasteiger partial charge on any atom is -0.292 e. The number of hydrogen-bond acceptors (Lipinski definition) is 3. The summed E-state index contributed by atoms with van der Waals surface area (Å²) in [6, 6.07) is 0. The Labute approximate surface area is 85.3 Å². The molecule has 0 aromatic carbocycles. The maximum absolute atomic E-state index is 12.6. The molecule has 0 saturated heterocycles. The Morgan fingerprint density at radius 2 is 2.33 bits per heavy atom. The van der Waals surface area contributed by atoms with E-state index in [0.29, 0.717) is 12.2 Å². The van der Waals surface area contributed by atoms with E-state index in [9.17, 15) is 13.6 Å². The molecule has 1 aromatic heterocycles. The SMILES string of the molecule is CCn1nncc1C(=O)C1CC(F)(F)C1. The predicted molar refractivity (Wildman–Crippen MR) is 47.7 cm³/mol. The average Bonchev–Trinajstić information content (AvgIpc) is 2.60. The van der Waals surface area contributed by atoms with E-state index in [4.69, 9.17) is 0 Å². The topological polar surface area (TPSA) is 47.8 Å². The molecule has 1 aliphatic rings. The molecule has 82 valence electrons. The molecule has 1 fully saturated rings. The Kier molecular flexibility index (Phi) is 2.28. The zero-order valence-electron chi connectivity index (χ0n) is 8.28. The number of aromatic nitrogens is 3. The molecule has 0 N–H and O–H groups in total. The maximum Gasteiger partial charge on any atom is 0.249 e. The fourth-order valence-corrected chi connectivity index (χ4v) is 1.74. The van der Waals surface area contributed by atoms with Crippen LogP contribution in [0.4, 0.5) is 8.78 Å². The minimum atomic E-state index is -2.66. The molecular formula is C9H11F2N3O. The summed E-state index contributed by atoms with van der Waals surface area (Å²) in [5, 5.41) is 7.29. The normalized spacial score (nSPS) is 19.9. The molecule has 4 nitrogen and oxygen atoms in total. The van der Waals surface area contributed by atoms with Crippen LogP contribution < -0.4 is 0 Å². The van der Waals surface area contributed by atoms with Gasteiger partial charge in [-0.05, 0) is 6.92 Å². The number of halogens is 2. The van der Waals surface area contributed by atoms with Crippen molar-refractivity contribution in [1.82, 2.24) is 15.0 Å². The lowest BCUT2D eigenvalue weighted by Crippen LogP contribution is -2.40. The first-order valence-electron chi connectivity index (χ1n) is 4.84. The largest absolute Gasteiger partial charge is 0.292 e. The minimum absolute atomic E-state index is 0.271. The molecule has 0 bridgehead atoms. The van der Waals surface area contributed by atoms with Crippen LogP contribution in [0.1, 0.15) is 30.3 Å². The van der Waals surface area contributed by atoms with Crippen LogP contribution in [0.2, 0.25) is 0 Å². The Morgan fingerprint density at radius 3 is 2.87 bits per heavy atom. The van der Waals surface area contributed by atoms with E-state index in [1.54, 1.807) is 0 Å². The van der Waals surface area contributed by atoms with E-state index < -0.39 is 11.8 Å². The maximum atomic E-state index is 12.6. The lowest BCUT2D eigenvalue weighted by Gasteiger charge is -2.33. The number of nitrogens with zero attached hydrogens (tertiary/aromatic N) is 3. The van der Waals surface area contributed by atoms with Gasteiger partial charge in [-0.15, -0.1) is 5.10 Å². The smallest absolute Gasteiger partial charge is 0.249 e. The van der Waals surface area contributed by atoms with Gasteiger partial charge < -0.3 is 0 Å². The standard InChI is InChI=1S/C9H11F2N3O/c1-2-14-7(5-12-13-14)8(15)6-3-9(10,11)4-6/h5-6H,2-4H2,1H3. The summed E-state index contributed by atoms with van der Waals surface area (Å²) in [6.45, 7) is 2.34. The molecule has 2 rings (SSSR count). The van der Waals surface area contributed by atoms with Crippen molar-refractivity contribution in [3.63, 3.8) is 0 Å². The molecule has 0 amide bonds. The fourth-order valence-electron chi connectivity index (χ4n) is 1.74. The van der Waals surface area contributed by atoms with Crippen LogP contribution in [-0.4, -0.2) is 26.7 Å². The molecule has 1 aromatic rings. The van der Waals surface area contributed by atoms with Crippen LogP contribution in [0.25, 0.3) is 0 Å². The highest BCUT2D eigenvalue weighted by atomic mass is 19.3. The average molecular weight is 215 g/mol. The molecule has 0 atom stereocenters. The number of carbonyl (C=O) groups excluding carboxylic acids is 1. The number of rotatable bonds is 3. The van der Waals surface area contributed by atoms with Crippen LogP contribution in [-0.2, 0) is 6.54 Å². The van der Waals surface area contributed by atoms with Crippen molar-refractivity contribution in [2.24, 2.45) is 5.92 Å². The summed E-state index contributed by atoms with van der Waals surface area (Å²) in [7, 11) is 0. The van der Waals surface area contributed by atoms with Crippen molar-refractivity contribution < 1.29 is 13.6 Å². The van der Waals surface area contributed by atoms with E-state index >= 15 is 0 Å². The van der Waals surface area contributed by atoms with E-state index in [0.717, 1.165) is 0 Å². The highest BCUT2D eigenvalue weighted by Crippen LogP contribution is 2.43. The monoisotopic (exact) mass is 215 g/mol. The first-order valence-corrected chi connectivity index (χ1v) is 4.84. The van der Waals surface area contributed by atoms with Crippen molar-refractivity contribution in [2.75, 3.05) is 0 Å². The lowest BCUT2D eigenvalue weighted by molar-refractivity contribution is -0.0983. The molecule has 0 spiro atoms. The van der Waals surface area contributed by atoms with E-state index in [1.807, 2.05) is 6.92 Å². The second kappa shape index (κ2) is 3.36. The molecule has 1 aliphatic carbocycles. The van der Waals surface area contributed by atoms with Crippen molar-refractivity contribution >= 4 is 5.78 Å². The zero-order valence-corrected chi connectivity index (χ0v) is 8.28. The third-order valence-electron chi connectivity index (χ3n) is 2.63. The Bertz CT molecular complexity index is 380. The third-order valence-corrected chi connectivity index (χ3v) is 2.63. The summed E-state index contributed by atoms with van der Waals surface area (Å²) < 4.78 is 26.6. The first kappa shape index (κ1) is 10.2. The number of alkyl halides is 2. The Balaban J connectivity index is 2.10. The number of ketones is 1. The zero-order chi connectivity index (χ0) is 11.1.